The molecule has 0 radical (unpaired) electrons. The molecule has 20 heavy (non-hydrogen) atoms. The van der Waals surface area contributed by atoms with E-state index in [9.17, 15) is 0 Å². The first kappa shape index (κ1) is 14.9. The molecule has 0 aliphatic heterocycles. The van der Waals surface area contributed by atoms with Gasteiger partial charge in [0.2, 0.25) is 0 Å². The highest BCUT2D eigenvalue weighted by Crippen LogP contribution is 2.24. The fourth-order valence-corrected chi connectivity index (χ4v) is 2.36. The van der Waals surface area contributed by atoms with E-state index in [1.165, 1.54) is 5.69 Å². The van der Waals surface area contributed by atoms with Crippen LogP contribution in [0.3, 0.4) is 0 Å². The van der Waals surface area contributed by atoms with E-state index in [2.05, 4.69) is 67.7 Å². The van der Waals surface area contributed by atoms with Gasteiger partial charge in [0.05, 0.1) is 5.69 Å². The maximum Gasteiger partial charge on any atom is 0.152 e. The van der Waals surface area contributed by atoms with E-state index < -0.39 is 0 Å². The van der Waals surface area contributed by atoms with Crippen molar-refractivity contribution in [3.05, 3.63) is 30.1 Å². The van der Waals surface area contributed by atoms with Crippen molar-refractivity contribution in [1.29, 1.82) is 0 Å². The second-order valence-electron chi connectivity index (χ2n) is 5.69. The van der Waals surface area contributed by atoms with Crippen molar-refractivity contribution < 1.29 is 0 Å². The molecule has 0 aromatic carbocycles. The van der Waals surface area contributed by atoms with Gasteiger partial charge in [-0.3, -0.25) is 0 Å². The predicted molar refractivity (Wildman–Crippen MR) is 85.3 cm³/mol. The normalized spacial score (nSPS) is 13.1. The third-order valence-corrected chi connectivity index (χ3v) is 4.06. The molecule has 0 aliphatic carbocycles. The van der Waals surface area contributed by atoms with Crippen LogP contribution >= 0.6 is 0 Å². The molecule has 1 N–H and O–H groups in total. The maximum absolute atomic E-state index is 4.82. The first-order valence-corrected chi connectivity index (χ1v) is 7.45. The molecule has 4 heteroatoms. The van der Waals surface area contributed by atoms with Gasteiger partial charge < -0.3 is 14.6 Å². The predicted octanol–water partition coefficient (Wildman–Crippen LogP) is 2.92. The summed E-state index contributed by atoms with van der Waals surface area (Å²) in [5, 5.41) is 3.42. The second-order valence-corrected chi connectivity index (χ2v) is 5.69. The van der Waals surface area contributed by atoms with Gasteiger partial charge in [0.25, 0.3) is 0 Å². The second kappa shape index (κ2) is 6.27. The van der Waals surface area contributed by atoms with Gasteiger partial charge in [0, 0.05) is 25.8 Å². The number of hydrogen-bond acceptors (Lipinski definition) is 3. The van der Waals surface area contributed by atoms with Crippen LogP contribution in [0.25, 0.3) is 5.65 Å². The van der Waals surface area contributed by atoms with Crippen molar-refractivity contribution in [2.45, 2.75) is 40.3 Å². The molecule has 2 aromatic heterocycles. The van der Waals surface area contributed by atoms with E-state index in [0.29, 0.717) is 12.0 Å². The van der Waals surface area contributed by atoms with Crippen molar-refractivity contribution in [2.75, 3.05) is 18.5 Å². The van der Waals surface area contributed by atoms with E-state index in [4.69, 9.17) is 4.98 Å². The van der Waals surface area contributed by atoms with E-state index in [0.717, 1.165) is 24.6 Å². The van der Waals surface area contributed by atoms with Crippen molar-refractivity contribution in [2.24, 2.45) is 5.92 Å². The zero-order valence-corrected chi connectivity index (χ0v) is 13.2. The number of imidazole rings is 1. The molecule has 0 saturated heterocycles. The topological polar surface area (TPSA) is 32.6 Å². The average Bonchev–Trinajstić information content (AvgIpc) is 2.82. The van der Waals surface area contributed by atoms with Gasteiger partial charge in [-0.1, -0.05) is 26.8 Å². The molecule has 0 spiro atoms. The van der Waals surface area contributed by atoms with Crippen LogP contribution in [-0.4, -0.2) is 29.0 Å². The molecule has 4 nitrogen and oxygen atoms in total. The van der Waals surface area contributed by atoms with Crippen LogP contribution in [0.4, 0.5) is 5.82 Å². The first-order chi connectivity index (χ1) is 9.56. The summed E-state index contributed by atoms with van der Waals surface area (Å²) in [7, 11) is 2.14. The minimum absolute atomic E-state index is 0.459. The lowest BCUT2D eigenvalue weighted by Crippen LogP contribution is -2.34. The Labute approximate surface area is 121 Å². The average molecular weight is 274 g/mol. The fourth-order valence-electron chi connectivity index (χ4n) is 2.36. The molecule has 110 valence electrons. The van der Waals surface area contributed by atoms with E-state index in [-0.39, 0.29) is 0 Å². The van der Waals surface area contributed by atoms with E-state index in [1.54, 1.807) is 0 Å². The zero-order valence-electron chi connectivity index (χ0n) is 13.2. The molecule has 2 rings (SSSR count). The number of nitrogens with one attached hydrogen (secondary N) is 1. The smallest absolute Gasteiger partial charge is 0.152 e. The number of hydrogen-bond donors (Lipinski definition) is 1. The summed E-state index contributed by atoms with van der Waals surface area (Å²) in [5.74, 6) is 1.68. The molecule has 1 unspecified atom stereocenters. The van der Waals surface area contributed by atoms with Crippen LogP contribution in [0.5, 0.6) is 0 Å². The first-order valence-electron chi connectivity index (χ1n) is 7.45. The lowest BCUT2D eigenvalue weighted by molar-refractivity contribution is 0.501. The van der Waals surface area contributed by atoms with Gasteiger partial charge in [-0.05, 0) is 31.5 Å². The Bertz CT molecular complexity index is 559. The minimum atomic E-state index is 0.459. The van der Waals surface area contributed by atoms with Crippen LogP contribution in [0.2, 0.25) is 0 Å². The molecule has 0 bridgehead atoms. The van der Waals surface area contributed by atoms with E-state index >= 15 is 0 Å². The number of aromatic nitrogens is 2. The number of pyridine rings is 1. The third kappa shape index (κ3) is 2.80. The molecule has 2 aromatic rings. The molecule has 0 saturated carbocycles. The summed E-state index contributed by atoms with van der Waals surface area (Å²) in [6.45, 7) is 10.7. The number of rotatable bonds is 6. The molecule has 1 atom stereocenters. The Morgan fingerprint density at radius 2 is 2.05 bits per heavy atom. The molecule has 0 amide bonds. The van der Waals surface area contributed by atoms with Crippen LogP contribution in [-0.2, 0) is 6.54 Å². The number of nitrogens with zero attached hydrogens (tertiary/aromatic N) is 3. The Kier molecular flexibility index (Phi) is 4.65. The highest BCUT2D eigenvalue weighted by molar-refractivity contribution is 5.56. The van der Waals surface area contributed by atoms with Crippen molar-refractivity contribution in [3.63, 3.8) is 0 Å². The minimum Gasteiger partial charge on any atom is -0.355 e. The van der Waals surface area contributed by atoms with Gasteiger partial charge in [0.1, 0.15) is 5.65 Å². The lowest BCUT2D eigenvalue weighted by Gasteiger charge is -2.29. The van der Waals surface area contributed by atoms with Crippen LogP contribution < -0.4 is 10.2 Å². The van der Waals surface area contributed by atoms with Gasteiger partial charge in [-0.2, -0.15) is 0 Å². The van der Waals surface area contributed by atoms with Gasteiger partial charge in [-0.25, -0.2) is 4.98 Å². The van der Waals surface area contributed by atoms with Crippen LogP contribution in [0.1, 0.15) is 33.4 Å². The number of fused-ring (bicyclic) bond motifs is 1. The Hall–Kier alpha value is -1.55. The Morgan fingerprint density at radius 1 is 1.30 bits per heavy atom. The van der Waals surface area contributed by atoms with Crippen LogP contribution in [0.15, 0.2) is 24.4 Å². The molecule has 2 heterocycles. The SMILES string of the molecule is CCNCc1c(N(C)C(C)C(C)C)nc2ccccn12. The summed E-state index contributed by atoms with van der Waals surface area (Å²) in [5.41, 5.74) is 2.25. The van der Waals surface area contributed by atoms with Crippen molar-refractivity contribution in [3.8, 4) is 0 Å². The zero-order chi connectivity index (χ0) is 14.7. The molecular weight excluding hydrogens is 248 g/mol. The summed E-state index contributed by atoms with van der Waals surface area (Å²) in [6.07, 6.45) is 2.09. The fraction of sp³-hybridized carbons (Fsp3) is 0.562. The van der Waals surface area contributed by atoms with Gasteiger partial charge in [-0.15, -0.1) is 0 Å². The van der Waals surface area contributed by atoms with Crippen molar-refractivity contribution >= 4 is 11.5 Å². The molecule has 0 aliphatic rings. The summed E-state index contributed by atoms with van der Waals surface area (Å²) in [4.78, 5) is 7.11. The Morgan fingerprint density at radius 3 is 2.70 bits per heavy atom. The van der Waals surface area contributed by atoms with Gasteiger partial charge >= 0.3 is 0 Å². The molecule has 0 fully saturated rings. The van der Waals surface area contributed by atoms with Crippen LogP contribution in [0, 0.1) is 5.92 Å². The summed E-state index contributed by atoms with van der Waals surface area (Å²) < 4.78 is 2.18. The maximum atomic E-state index is 4.82. The molecular formula is C16H26N4. The Balaban J connectivity index is 2.45. The standard InChI is InChI=1S/C16H26N4/c1-6-17-11-14-16(19(5)13(4)12(2)3)18-15-9-7-8-10-20(14)15/h7-10,12-13,17H,6,11H2,1-5H3. The quantitative estimate of drug-likeness (QED) is 0.879. The summed E-state index contributed by atoms with van der Waals surface area (Å²) in [6, 6.07) is 6.61. The summed E-state index contributed by atoms with van der Waals surface area (Å²) >= 11 is 0. The lowest BCUT2D eigenvalue weighted by atomic mass is 10.1. The highest BCUT2D eigenvalue weighted by atomic mass is 15.2. The highest BCUT2D eigenvalue weighted by Gasteiger charge is 2.20. The third-order valence-electron chi connectivity index (χ3n) is 4.06. The van der Waals surface area contributed by atoms with Gasteiger partial charge in [0.15, 0.2) is 5.82 Å². The van der Waals surface area contributed by atoms with Crippen molar-refractivity contribution in [1.82, 2.24) is 14.7 Å². The largest absolute Gasteiger partial charge is 0.355 e. The monoisotopic (exact) mass is 274 g/mol. The number of anilines is 1. The van der Waals surface area contributed by atoms with E-state index in [1.807, 2.05) is 6.07 Å².